The molecule has 1 aromatic carbocycles. The first-order valence-electron chi connectivity index (χ1n) is 9.01. The maximum atomic E-state index is 12.8. The van der Waals surface area contributed by atoms with Crippen LogP contribution in [0, 0.1) is 0 Å². The third-order valence-corrected chi connectivity index (χ3v) is 5.09. The average Bonchev–Trinajstić information content (AvgIpc) is 3.23. The van der Waals surface area contributed by atoms with Gasteiger partial charge in [-0.05, 0) is 36.5 Å². The highest BCUT2D eigenvalue weighted by atomic mass is 16.5. The number of hydrogen-bond acceptors (Lipinski definition) is 4. The van der Waals surface area contributed by atoms with Crippen LogP contribution in [0.15, 0.2) is 42.9 Å². The van der Waals surface area contributed by atoms with Crippen LogP contribution in [0.3, 0.4) is 0 Å². The summed E-state index contributed by atoms with van der Waals surface area (Å²) in [5, 5.41) is 11.8. The van der Waals surface area contributed by atoms with Gasteiger partial charge in [-0.2, -0.15) is 10.2 Å². The van der Waals surface area contributed by atoms with Crippen LogP contribution in [0.5, 0.6) is 5.75 Å². The van der Waals surface area contributed by atoms with E-state index in [1.165, 1.54) is 5.56 Å². The Morgan fingerprint density at radius 2 is 2.04 bits per heavy atom. The second-order valence-corrected chi connectivity index (χ2v) is 7.08. The number of nitrogens with zero attached hydrogens (tertiary/aromatic N) is 4. The molecule has 7 heteroatoms. The van der Waals surface area contributed by atoms with Crippen LogP contribution in [-0.2, 0) is 14.1 Å². The number of aryl methyl sites for hydroxylation is 2. The van der Waals surface area contributed by atoms with Gasteiger partial charge in [0.05, 0.1) is 18.9 Å². The Morgan fingerprint density at radius 1 is 1.22 bits per heavy atom. The first-order valence-corrected chi connectivity index (χ1v) is 9.01. The zero-order valence-electron chi connectivity index (χ0n) is 15.7. The van der Waals surface area contributed by atoms with E-state index in [-0.39, 0.29) is 11.9 Å². The molecule has 4 rings (SSSR count). The van der Waals surface area contributed by atoms with Gasteiger partial charge in [0, 0.05) is 38.1 Å². The molecule has 2 heterocycles. The number of aromatic nitrogens is 4. The van der Waals surface area contributed by atoms with Gasteiger partial charge in [-0.25, -0.2) is 0 Å². The van der Waals surface area contributed by atoms with Gasteiger partial charge in [-0.1, -0.05) is 12.1 Å². The van der Waals surface area contributed by atoms with Crippen LogP contribution in [0.4, 0.5) is 0 Å². The van der Waals surface area contributed by atoms with Crippen molar-refractivity contribution in [2.45, 2.75) is 24.8 Å². The lowest BCUT2D eigenvalue weighted by Gasteiger charge is -2.36. The monoisotopic (exact) mass is 365 g/mol. The van der Waals surface area contributed by atoms with Gasteiger partial charge >= 0.3 is 0 Å². The molecule has 1 saturated carbocycles. The quantitative estimate of drug-likeness (QED) is 0.754. The highest BCUT2D eigenvalue weighted by Gasteiger charge is 2.32. The van der Waals surface area contributed by atoms with E-state index in [1.54, 1.807) is 28.9 Å². The lowest BCUT2D eigenvalue weighted by Crippen LogP contribution is -2.43. The second kappa shape index (κ2) is 6.90. The average molecular weight is 365 g/mol. The molecule has 0 spiro atoms. The molecule has 0 bridgehead atoms. The molecule has 3 aromatic rings. The van der Waals surface area contributed by atoms with Gasteiger partial charge in [0.2, 0.25) is 0 Å². The van der Waals surface area contributed by atoms with Crippen molar-refractivity contribution in [1.82, 2.24) is 24.9 Å². The van der Waals surface area contributed by atoms with Crippen LogP contribution < -0.4 is 10.1 Å². The summed E-state index contributed by atoms with van der Waals surface area (Å²) in [5.41, 5.74) is 3.34. The molecule has 1 aliphatic rings. The predicted molar refractivity (Wildman–Crippen MR) is 102 cm³/mol. The van der Waals surface area contributed by atoms with E-state index < -0.39 is 0 Å². The third kappa shape index (κ3) is 3.45. The first kappa shape index (κ1) is 17.3. The van der Waals surface area contributed by atoms with E-state index in [0.29, 0.717) is 17.2 Å². The molecule has 0 radical (unpaired) electrons. The van der Waals surface area contributed by atoms with E-state index in [0.717, 1.165) is 24.2 Å². The highest BCUT2D eigenvalue weighted by molar-refractivity contribution is 5.99. The Hall–Kier alpha value is -3.09. The molecule has 0 atom stereocenters. The first-order chi connectivity index (χ1) is 13.0. The third-order valence-electron chi connectivity index (χ3n) is 5.09. The van der Waals surface area contributed by atoms with Crippen molar-refractivity contribution in [1.29, 1.82) is 0 Å². The van der Waals surface area contributed by atoms with Crippen molar-refractivity contribution < 1.29 is 9.53 Å². The summed E-state index contributed by atoms with van der Waals surface area (Å²) >= 11 is 0. The summed E-state index contributed by atoms with van der Waals surface area (Å²) in [7, 11) is 5.34. The SMILES string of the molecule is COc1cccc(C2CC(NC(=O)c3cn(C)nc3-c3cnn(C)c3)C2)c1. The van der Waals surface area contributed by atoms with Crippen molar-refractivity contribution in [3.05, 3.63) is 54.0 Å². The zero-order chi connectivity index (χ0) is 19.0. The van der Waals surface area contributed by atoms with Gasteiger partial charge < -0.3 is 10.1 Å². The van der Waals surface area contributed by atoms with Crippen LogP contribution in [0.25, 0.3) is 11.3 Å². The summed E-state index contributed by atoms with van der Waals surface area (Å²) in [6.07, 6.45) is 7.21. The topological polar surface area (TPSA) is 74.0 Å². The molecule has 2 aromatic heterocycles. The Balaban J connectivity index is 1.42. The number of hydrogen-bond donors (Lipinski definition) is 1. The fourth-order valence-electron chi connectivity index (χ4n) is 3.58. The molecule has 0 saturated heterocycles. The molecule has 27 heavy (non-hydrogen) atoms. The maximum Gasteiger partial charge on any atom is 0.255 e. The summed E-state index contributed by atoms with van der Waals surface area (Å²) in [5.74, 6) is 1.24. The molecule has 1 aliphatic carbocycles. The van der Waals surface area contributed by atoms with Gasteiger partial charge in [0.25, 0.3) is 5.91 Å². The number of rotatable bonds is 5. The van der Waals surface area contributed by atoms with E-state index in [9.17, 15) is 4.79 Å². The summed E-state index contributed by atoms with van der Waals surface area (Å²) < 4.78 is 8.66. The number of amides is 1. The van der Waals surface area contributed by atoms with Crippen molar-refractivity contribution in [3.8, 4) is 17.0 Å². The van der Waals surface area contributed by atoms with E-state index in [4.69, 9.17) is 4.74 Å². The molecule has 0 aliphatic heterocycles. The van der Waals surface area contributed by atoms with Crippen LogP contribution >= 0.6 is 0 Å². The summed E-state index contributed by atoms with van der Waals surface area (Å²) in [4.78, 5) is 12.8. The Bertz CT molecular complexity index is 968. The molecule has 0 unspecified atom stereocenters. The predicted octanol–water partition coefficient (Wildman–Crippen LogP) is 2.51. The minimum atomic E-state index is -0.0870. The van der Waals surface area contributed by atoms with E-state index >= 15 is 0 Å². The minimum Gasteiger partial charge on any atom is -0.497 e. The molecular weight excluding hydrogens is 342 g/mol. The number of nitrogens with one attached hydrogen (secondary N) is 1. The molecule has 1 fully saturated rings. The van der Waals surface area contributed by atoms with Gasteiger partial charge in [0.1, 0.15) is 11.4 Å². The minimum absolute atomic E-state index is 0.0870. The number of methoxy groups -OCH3 is 1. The zero-order valence-corrected chi connectivity index (χ0v) is 15.7. The number of carbonyl (C=O) groups excluding carboxylic acids is 1. The Labute approximate surface area is 157 Å². The number of ether oxygens (including phenoxy) is 1. The van der Waals surface area contributed by atoms with Gasteiger partial charge in [-0.15, -0.1) is 0 Å². The largest absolute Gasteiger partial charge is 0.497 e. The number of benzene rings is 1. The molecular formula is C20H23N5O2. The fraction of sp³-hybridized carbons (Fsp3) is 0.350. The molecule has 7 nitrogen and oxygen atoms in total. The standard InChI is InChI=1S/C20H23N5O2/c1-24-11-15(10-21-24)19-18(12-25(2)23-19)20(26)22-16-7-14(8-16)13-5-4-6-17(9-13)27-3/h4-6,9-12,14,16H,7-8H2,1-3H3,(H,22,26). The van der Waals surface area contributed by atoms with Crippen LogP contribution in [-0.4, -0.2) is 38.6 Å². The lowest BCUT2D eigenvalue weighted by atomic mass is 9.75. The maximum absolute atomic E-state index is 12.8. The molecule has 1 amide bonds. The van der Waals surface area contributed by atoms with Gasteiger partial charge in [-0.3, -0.25) is 14.2 Å². The highest BCUT2D eigenvalue weighted by Crippen LogP contribution is 2.38. The molecule has 140 valence electrons. The van der Waals surface area contributed by atoms with Crippen LogP contribution in [0.2, 0.25) is 0 Å². The lowest BCUT2D eigenvalue weighted by molar-refractivity contribution is 0.0909. The second-order valence-electron chi connectivity index (χ2n) is 7.08. The molecule has 1 N–H and O–H groups in total. The summed E-state index contributed by atoms with van der Waals surface area (Å²) in [6.45, 7) is 0. The van der Waals surface area contributed by atoms with Gasteiger partial charge in [0.15, 0.2) is 0 Å². The van der Waals surface area contributed by atoms with Crippen molar-refractivity contribution in [2.24, 2.45) is 14.1 Å². The van der Waals surface area contributed by atoms with E-state index in [2.05, 4.69) is 27.6 Å². The van der Waals surface area contributed by atoms with Crippen LogP contribution in [0.1, 0.15) is 34.7 Å². The number of carbonyl (C=O) groups is 1. The fourth-order valence-corrected chi connectivity index (χ4v) is 3.58. The van der Waals surface area contributed by atoms with Crippen molar-refractivity contribution in [2.75, 3.05) is 7.11 Å². The summed E-state index contributed by atoms with van der Waals surface area (Å²) in [6, 6.07) is 8.33. The normalized spacial score (nSPS) is 18.8. The van der Waals surface area contributed by atoms with Crippen molar-refractivity contribution in [3.63, 3.8) is 0 Å². The smallest absolute Gasteiger partial charge is 0.255 e. The Morgan fingerprint density at radius 3 is 2.74 bits per heavy atom. The van der Waals surface area contributed by atoms with E-state index in [1.807, 2.05) is 32.4 Å². The van der Waals surface area contributed by atoms with Crippen molar-refractivity contribution >= 4 is 5.91 Å². The Kier molecular flexibility index (Phi) is 4.43.